The predicted molar refractivity (Wildman–Crippen MR) is 65.9 cm³/mol. The molecule has 0 amide bonds. The van der Waals surface area contributed by atoms with Gasteiger partial charge in [-0.25, -0.2) is 0 Å². The molecule has 0 spiro atoms. The summed E-state index contributed by atoms with van der Waals surface area (Å²) in [5, 5.41) is 0. The zero-order valence-electron chi connectivity index (χ0n) is 9.20. The number of thiophene rings is 1. The molecule has 1 aromatic rings. The number of hydrogen-bond acceptors (Lipinski definition) is 3. The van der Waals surface area contributed by atoms with Crippen LogP contribution in [0.2, 0.25) is 0 Å². The molecular formula is C12H18N2S. The van der Waals surface area contributed by atoms with Gasteiger partial charge < -0.3 is 5.73 Å². The molecule has 82 valence electrons. The van der Waals surface area contributed by atoms with E-state index in [9.17, 15) is 0 Å². The standard InChI is InChI=1S/C12H18N2S/c1-10-4-6-14(7-5-10)9-12-3-2-11(8-13)15-12/h2-4H,5-9,13H2,1H3. The molecule has 0 atom stereocenters. The minimum absolute atomic E-state index is 0.670. The fraction of sp³-hybridized carbons (Fsp3) is 0.500. The van der Waals surface area contributed by atoms with Crippen molar-refractivity contribution < 1.29 is 0 Å². The van der Waals surface area contributed by atoms with Crippen molar-refractivity contribution in [2.45, 2.75) is 26.4 Å². The van der Waals surface area contributed by atoms with E-state index in [0.717, 1.165) is 13.1 Å². The van der Waals surface area contributed by atoms with E-state index in [1.807, 2.05) is 11.3 Å². The molecule has 0 aliphatic carbocycles. The van der Waals surface area contributed by atoms with E-state index in [1.165, 1.54) is 28.3 Å². The molecule has 2 nitrogen and oxygen atoms in total. The zero-order valence-corrected chi connectivity index (χ0v) is 10.0. The van der Waals surface area contributed by atoms with Crippen LogP contribution in [0.15, 0.2) is 23.8 Å². The smallest absolute Gasteiger partial charge is 0.0331 e. The normalized spacial score (nSPS) is 17.9. The average molecular weight is 222 g/mol. The molecule has 2 N–H and O–H groups in total. The highest BCUT2D eigenvalue weighted by Gasteiger charge is 2.10. The summed E-state index contributed by atoms with van der Waals surface area (Å²) in [7, 11) is 0. The molecule has 0 bridgehead atoms. The van der Waals surface area contributed by atoms with Gasteiger partial charge in [0.1, 0.15) is 0 Å². The van der Waals surface area contributed by atoms with Crippen LogP contribution in [0.3, 0.4) is 0 Å². The van der Waals surface area contributed by atoms with Crippen molar-refractivity contribution in [2.24, 2.45) is 5.73 Å². The van der Waals surface area contributed by atoms with Gasteiger partial charge in [0.15, 0.2) is 0 Å². The monoisotopic (exact) mass is 222 g/mol. The van der Waals surface area contributed by atoms with Crippen molar-refractivity contribution in [2.75, 3.05) is 13.1 Å². The van der Waals surface area contributed by atoms with Gasteiger partial charge in [-0.3, -0.25) is 4.90 Å². The lowest BCUT2D eigenvalue weighted by Gasteiger charge is -2.24. The van der Waals surface area contributed by atoms with Gasteiger partial charge in [0.05, 0.1) is 0 Å². The Hall–Kier alpha value is -0.640. The fourth-order valence-electron chi connectivity index (χ4n) is 1.79. The lowest BCUT2D eigenvalue weighted by atomic mass is 10.1. The Morgan fingerprint density at radius 1 is 1.40 bits per heavy atom. The second kappa shape index (κ2) is 4.92. The molecule has 3 heteroatoms. The Labute approximate surface area is 95.4 Å². The third-order valence-corrected chi connectivity index (χ3v) is 3.91. The summed E-state index contributed by atoms with van der Waals surface area (Å²) in [6, 6.07) is 4.35. The van der Waals surface area contributed by atoms with Gasteiger partial charge in [0.25, 0.3) is 0 Å². The lowest BCUT2D eigenvalue weighted by molar-refractivity contribution is 0.288. The van der Waals surface area contributed by atoms with E-state index in [-0.39, 0.29) is 0 Å². The van der Waals surface area contributed by atoms with E-state index < -0.39 is 0 Å². The Morgan fingerprint density at radius 3 is 2.80 bits per heavy atom. The van der Waals surface area contributed by atoms with Gasteiger partial charge in [-0.05, 0) is 25.5 Å². The van der Waals surface area contributed by atoms with Crippen molar-refractivity contribution in [3.8, 4) is 0 Å². The predicted octanol–water partition coefficient (Wildman–Crippen LogP) is 2.36. The molecule has 0 fully saturated rings. The molecule has 0 saturated heterocycles. The molecule has 0 saturated carbocycles. The quantitative estimate of drug-likeness (QED) is 0.796. The van der Waals surface area contributed by atoms with Crippen LogP contribution in [0.5, 0.6) is 0 Å². The van der Waals surface area contributed by atoms with Gasteiger partial charge in [0, 0.05) is 35.9 Å². The maximum Gasteiger partial charge on any atom is 0.0331 e. The minimum Gasteiger partial charge on any atom is -0.326 e. The van der Waals surface area contributed by atoms with Crippen molar-refractivity contribution in [1.82, 2.24) is 4.90 Å². The number of hydrogen-bond donors (Lipinski definition) is 1. The third kappa shape index (κ3) is 2.91. The fourth-order valence-corrected chi connectivity index (χ4v) is 2.73. The van der Waals surface area contributed by atoms with Crippen molar-refractivity contribution in [1.29, 1.82) is 0 Å². The first-order chi connectivity index (χ1) is 7.28. The van der Waals surface area contributed by atoms with Crippen LogP contribution in [0.1, 0.15) is 23.1 Å². The zero-order chi connectivity index (χ0) is 10.7. The maximum absolute atomic E-state index is 5.60. The Bertz CT molecular complexity index is 354. The SMILES string of the molecule is CC1=CCN(Cc2ccc(CN)s2)CC1. The van der Waals surface area contributed by atoms with Gasteiger partial charge in [-0.2, -0.15) is 0 Å². The van der Waals surface area contributed by atoms with Gasteiger partial charge >= 0.3 is 0 Å². The average Bonchev–Trinajstić information content (AvgIpc) is 2.69. The highest BCUT2D eigenvalue weighted by Crippen LogP contribution is 2.19. The Morgan fingerprint density at radius 2 is 2.20 bits per heavy atom. The summed E-state index contributed by atoms with van der Waals surface area (Å²) >= 11 is 1.84. The summed E-state index contributed by atoms with van der Waals surface area (Å²) in [4.78, 5) is 5.20. The first kappa shape index (κ1) is 10.9. The lowest BCUT2D eigenvalue weighted by Crippen LogP contribution is -2.27. The topological polar surface area (TPSA) is 29.3 Å². The molecule has 1 aliphatic rings. The van der Waals surface area contributed by atoms with Gasteiger partial charge in [-0.15, -0.1) is 11.3 Å². The molecule has 0 unspecified atom stereocenters. The van der Waals surface area contributed by atoms with Crippen LogP contribution in [0.25, 0.3) is 0 Å². The van der Waals surface area contributed by atoms with E-state index in [4.69, 9.17) is 5.73 Å². The van der Waals surface area contributed by atoms with E-state index in [2.05, 4.69) is 30.0 Å². The molecule has 1 aromatic heterocycles. The molecular weight excluding hydrogens is 204 g/mol. The van der Waals surface area contributed by atoms with E-state index in [0.29, 0.717) is 6.54 Å². The summed E-state index contributed by atoms with van der Waals surface area (Å²) in [6.45, 7) is 6.26. The highest BCUT2D eigenvalue weighted by molar-refractivity contribution is 7.11. The van der Waals surface area contributed by atoms with Crippen LogP contribution < -0.4 is 5.73 Å². The molecule has 1 aliphatic heterocycles. The van der Waals surface area contributed by atoms with Crippen LogP contribution in [0.4, 0.5) is 0 Å². The summed E-state index contributed by atoms with van der Waals surface area (Å²) in [5.41, 5.74) is 7.13. The minimum atomic E-state index is 0.670. The summed E-state index contributed by atoms with van der Waals surface area (Å²) in [6.07, 6.45) is 3.55. The molecule has 0 radical (unpaired) electrons. The van der Waals surface area contributed by atoms with Gasteiger partial charge in [-0.1, -0.05) is 11.6 Å². The number of nitrogens with two attached hydrogens (primary N) is 1. The van der Waals surface area contributed by atoms with Crippen LogP contribution in [-0.2, 0) is 13.1 Å². The van der Waals surface area contributed by atoms with Crippen molar-refractivity contribution in [3.05, 3.63) is 33.5 Å². The summed E-state index contributed by atoms with van der Waals surface area (Å²) < 4.78 is 0. The van der Waals surface area contributed by atoms with Crippen molar-refractivity contribution >= 4 is 11.3 Å². The summed E-state index contributed by atoms with van der Waals surface area (Å²) in [5.74, 6) is 0. The van der Waals surface area contributed by atoms with Crippen LogP contribution in [0, 0.1) is 0 Å². The molecule has 0 aromatic carbocycles. The number of rotatable bonds is 3. The molecule has 15 heavy (non-hydrogen) atoms. The molecule has 2 heterocycles. The molecule has 2 rings (SSSR count). The highest BCUT2D eigenvalue weighted by atomic mass is 32.1. The van der Waals surface area contributed by atoms with Crippen LogP contribution in [-0.4, -0.2) is 18.0 Å². The first-order valence-corrected chi connectivity index (χ1v) is 6.25. The second-order valence-electron chi connectivity index (χ2n) is 4.11. The van der Waals surface area contributed by atoms with Crippen LogP contribution >= 0.6 is 11.3 Å². The largest absolute Gasteiger partial charge is 0.326 e. The van der Waals surface area contributed by atoms with Gasteiger partial charge in [0.2, 0.25) is 0 Å². The Balaban J connectivity index is 1.92. The first-order valence-electron chi connectivity index (χ1n) is 5.43. The van der Waals surface area contributed by atoms with E-state index >= 15 is 0 Å². The third-order valence-electron chi connectivity index (χ3n) is 2.82. The second-order valence-corrected chi connectivity index (χ2v) is 5.36. The van der Waals surface area contributed by atoms with E-state index in [1.54, 1.807) is 0 Å². The van der Waals surface area contributed by atoms with Crippen molar-refractivity contribution in [3.63, 3.8) is 0 Å². The Kier molecular flexibility index (Phi) is 3.57. The number of nitrogens with zero attached hydrogens (tertiary/aromatic N) is 1. The maximum atomic E-state index is 5.60.